The first-order valence-electron chi connectivity index (χ1n) is 5.99. The number of imide groups is 1. The first-order valence-corrected chi connectivity index (χ1v) is 5.99. The average molecular weight is 273 g/mol. The fraction of sp³-hybridized carbons (Fsp3) is 0.214. The highest BCUT2D eigenvalue weighted by molar-refractivity contribution is 6.05. The molecule has 0 aliphatic rings. The summed E-state index contributed by atoms with van der Waals surface area (Å²) in [5.74, 6) is -0.813. The molecule has 2 amide bonds. The third kappa shape index (κ3) is 4.46. The zero-order valence-corrected chi connectivity index (χ0v) is 11.3. The molecular formula is C14H15N3O3. The number of carbonyl (C=O) groups is 2. The smallest absolute Gasteiger partial charge is 0.414 e. The maximum atomic E-state index is 11.6. The van der Waals surface area contributed by atoms with Crippen LogP contribution in [-0.2, 0) is 9.53 Å². The topological polar surface area (TPSA) is 91.2 Å². The van der Waals surface area contributed by atoms with E-state index < -0.39 is 12.0 Å². The van der Waals surface area contributed by atoms with Gasteiger partial charge in [-0.2, -0.15) is 5.26 Å². The number of amides is 2. The molecule has 104 valence electrons. The summed E-state index contributed by atoms with van der Waals surface area (Å²) >= 11 is 0. The van der Waals surface area contributed by atoms with E-state index in [1.165, 1.54) is 6.20 Å². The molecule has 0 radical (unpaired) electrons. The minimum Gasteiger partial charge on any atom is -0.450 e. The SMILES string of the molecule is CCOC(=O)NC(=O)C(C#N)=CNc1ccccc1C. The van der Waals surface area contributed by atoms with Crippen molar-refractivity contribution in [3.8, 4) is 6.07 Å². The molecule has 2 N–H and O–H groups in total. The van der Waals surface area contributed by atoms with Crippen LogP contribution in [0.25, 0.3) is 0 Å². The summed E-state index contributed by atoms with van der Waals surface area (Å²) in [6, 6.07) is 9.12. The summed E-state index contributed by atoms with van der Waals surface area (Å²) < 4.78 is 4.56. The molecule has 6 heteroatoms. The van der Waals surface area contributed by atoms with Crippen LogP contribution in [0.1, 0.15) is 12.5 Å². The molecule has 0 heterocycles. The predicted molar refractivity (Wildman–Crippen MR) is 73.7 cm³/mol. The quantitative estimate of drug-likeness (QED) is 0.647. The molecule has 1 rings (SSSR count). The zero-order chi connectivity index (χ0) is 15.0. The Balaban J connectivity index is 2.73. The maximum absolute atomic E-state index is 11.6. The fourth-order valence-electron chi connectivity index (χ4n) is 1.36. The first kappa shape index (κ1) is 15.2. The second-order valence-electron chi connectivity index (χ2n) is 3.80. The van der Waals surface area contributed by atoms with Crippen LogP contribution in [0.5, 0.6) is 0 Å². The third-order valence-electron chi connectivity index (χ3n) is 2.37. The molecule has 0 bridgehead atoms. The van der Waals surface area contributed by atoms with Crippen molar-refractivity contribution in [2.75, 3.05) is 11.9 Å². The van der Waals surface area contributed by atoms with Crippen LogP contribution in [0, 0.1) is 18.3 Å². The van der Waals surface area contributed by atoms with Gasteiger partial charge in [-0.25, -0.2) is 4.79 Å². The van der Waals surface area contributed by atoms with E-state index in [1.807, 2.05) is 36.5 Å². The molecule has 0 fully saturated rings. The lowest BCUT2D eigenvalue weighted by Gasteiger charge is -2.06. The van der Waals surface area contributed by atoms with E-state index in [4.69, 9.17) is 5.26 Å². The van der Waals surface area contributed by atoms with Crippen molar-refractivity contribution in [1.29, 1.82) is 5.26 Å². The van der Waals surface area contributed by atoms with Crippen molar-refractivity contribution in [3.63, 3.8) is 0 Å². The van der Waals surface area contributed by atoms with Gasteiger partial charge in [0, 0.05) is 11.9 Å². The molecule has 0 atom stereocenters. The number of benzene rings is 1. The molecule has 0 aliphatic heterocycles. The molecule has 0 aliphatic carbocycles. The molecule has 6 nitrogen and oxygen atoms in total. The Bertz CT molecular complexity index is 573. The van der Waals surface area contributed by atoms with Crippen LogP contribution in [0.4, 0.5) is 10.5 Å². The number of nitriles is 1. The number of nitrogens with zero attached hydrogens (tertiary/aromatic N) is 1. The van der Waals surface area contributed by atoms with Crippen LogP contribution >= 0.6 is 0 Å². The lowest BCUT2D eigenvalue weighted by Crippen LogP contribution is -2.32. The Kier molecular flexibility index (Phi) is 5.78. The number of nitrogens with one attached hydrogen (secondary N) is 2. The van der Waals surface area contributed by atoms with Gasteiger partial charge >= 0.3 is 6.09 Å². The minimum atomic E-state index is -0.880. The van der Waals surface area contributed by atoms with Crippen LogP contribution in [0.3, 0.4) is 0 Å². The van der Waals surface area contributed by atoms with Crippen molar-refractivity contribution in [1.82, 2.24) is 5.32 Å². The van der Waals surface area contributed by atoms with E-state index in [-0.39, 0.29) is 12.2 Å². The van der Waals surface area contributed by atoms with Gasteiger partial charge in [0.1, 0.15) is 11.6 Å². The fourth-order valence-corrected chi connectivity index (χ4v) is 1.36. The Morgan fingerprint density at radius 2 is 2.10 bits per heavy atom. The van der Waals surface area contributed by atoms with Crippen molar-refractivity contribution < 1.29 is 14.3 Å². The van der Waals surface area contributed by atoms with E-state index in [0.29, 0.717) is 0 Å². The van der Waals surface area contributed by atoms with Gasteiger partial charge in [0.05, 0.1) is 6.61 Å². The Hall–Kier alpha value is -2.81. The first-order chi connectivity index (χ1) is 9.58. The van der Waals surface area contributed by atoms with Crippen molar-refractivity contribution in [2.45, 2.75) is 13.8 Å². The largest absolute Gasteiger partial charge is 0.450 e. The summed E-state index contributed by atoms with van der Waals surface area (Å²) in [6.45, 7) is 3.65. The van der Waals surface area contributed by atoms with Gasteiger partial charge in [0.25, 0.3) is 5.91 Å². The predicted octanol–water partition coefficient (Wildman–Crippen LogP) is 2.09. The minimum absolute atomic E-state index is 0.145. The van der Waals surface area contributed by atoms with Crippen LogP contribution in [0.15, 0.2) is 36.0 Å². The van der Waals surface area contributed by atoms with Gasteiger partial charge in [0.15, 0.2) is 0 Å². The highest BCUT2D eigenvalue weighted by Crippen LogP contribution is 2.13. The van der Waals surface area contributed by atoms with Gasteiger partial charge in [-0.05, 0) is 25.5 Å². The molecule has 0 spiro atoms. The van der Waals surface area contributed by atoms with Gasteiger partial charge in [-0.1, -0.05) is 18.2 Å². The van der Waals surface area contributed by atoms with E-state index in [9.17, 15) is 9.59 Å². The zero-order valence-electron chi connectivity index (χ0n) is 11.3. The summed E-state index contributed by atoms with van der Waals surface area (Å²) in [7, 11) is 0. The van der Waals surface area contributed by atoms with E-state index >= 15 is 0 Å². The number of alkyl carbamates (subject to hydrolysis) is 1. The molecule has 0 saturated heterocycles. The summed E-state index contributed by atoms with van der Waals surface area (Å²) in [5, 5.41) is 13.7. The van der Waals surface area contributed by atoms with Crippen LogP contribution in [0.2, 0.25) is 0 Å². The average Bonchev–Trinajstić information content (AvgIpc) is 2.41. The second kappa shape index (κ2) is 7.59. The molecule has 0 unspecified atom stereocenters. The van der Waals surface area contributed by atoms with Crippen LogP contribution < -0.4 is 10.6 Å². The Morgan fingerprint density at radius 1 is 1.40 bits per heavy atom. The number of rotatable bonds is 4. The number of hydrogen-bond acceptors (Lipinski definition) is 5. The van der Waals surface area contributed by atoms with Gasteiger partial charge in [-0.15, -0.1) is 0 Å². The Labute approximate surface area is 117 Å². The van der Waals surface area contributed by atoms with Gasteiger partial charge < -0.3 is 10.1 Å². The summed E-state index contributed by atoms with van der Waals surface area (Å²) in [6.07, 6.45) is 0.367. The van der Waals surface area contributed by atoms with Gasteiger partial charge in [0.2, 0.25) is 0 Å². The van der Waals surface area contributed by atoms with E-state index in [2.05, 4.69) is 10.1 Å². The summed E-state index contributed by atoms with van der Waals surface area (Å²) in [5.41, 5.74) is 1.51. The highest BCUT2D eigenvalue weighted by atomic mass is 16.5. The number of carbonyl (C=O) groups excluding carboxylic acids is 2. The monoisotopic (exact) mass is 273 g/mol. The standard InChI is InChI=1S/C14H15N3O3/c1-3-20-14(19)17-13(18)11(8-15)9-16-12-7-5-4-6-10(12)2/h4-7,9,16H,3H2,1-2H3,(H,17,18,19). The number of hydrogen-bond donors (Lipinski definition) is 2. The molecule has 20 heavy (non-hydrogen) atoms. The van der Waals surface area contributed by atoms with Crippen molar-refractivity contribution in [3.05, 3.63) is 41.6 Å². The number of anilines is 1. The molecule has 1 aromatic carbocycles. The molecular weight excluding hydrogens is 258 g/mol. The van der Waals surface area contributed by atoms with Crippen LogP contribution in [-0.4, -0.2) is 18.6 Å². The molecule has 0 aromatic heterocycles. The number of ether oxygens (including phenoxy) is 1. The highest BCUT2D eigenvalue weighted by Gasteiger charge is 2.13. The second-order valence-corrected chi connectivity index (χ2v) is 3.80. The summed E-state index contributed by atoms with van der Waals surface area (Å²) in [4.78, 5) is 22.7. The lowest BCUT2D eigenvalue weighted by molar-refractivity contribution is -0.116. The Morgan fingerprint density at radius 3 is 2.70 bits per heavy atom. The lowest BCUT2D eigenvalue weighted by atomic mass is 10.2. The number of aryl methyl sites for hydroxylation is 1. The third-order valence-corrected chi connectivity index (χ3v) is 2.37. The molecule has 0 saturated carbocycles. The van der Waals surface area contributed by atoms with E-state index in [0.717, 1.165) is 11.3 Å². The normalized spacial score (nSPS) is 10.3. The number of para-hydroxylation sites is 1. The van der Waals surface area contributed by atoms with Crippen molar-refractivity contribution >= 4 is 17.7 Å². The van der Waals surface area contributed by atoms with Gasteiger partial charge in [-0.3, -0.25) is 10.1 Å². The molecule has 1 aromatic rings. The van der Waals surface area contributed by atoms with Crippen molar-refractivity contribution in [2.24, 2.45) is 0 Å². The maximum Gasteiger partial charge on any atom is 0.414 e. The van der Waals surface area contributed by atoms with E-state index in [1.54, 1.807) is 13.0 Å².